The highest BCUT2D eigenvalue weighted by atomic mass is 16.1. The molecule has 0 aliphatic carbocycles. The highest BCUT2D eigenvalue weighted by Crippen LogP contribution is 2.26. The van der Waals surface area contributed by atoms with E-state index in [-0.39, 0.29) is 5.56 Å². The summed E-state index contributed by atoms with van der Waals surface area (Å²) in [7, 11) is 0. The van der Waals surface area contributed by atoms with Crippen molar-refractivity contribution >= 4 is 0 Å². The fraction of sp³-hybridized carbons (Fsp3) is 0. The molecule has 106 valence electrons. The average Bonchev–Trinajstić information content (AvgIpc) is 2.58. The third-order valence-corrected chi connectivity index (χ3v) is 3.51. The Labute approximate surface area is 127 Å². The zero-order valence-corrected chi connectivity index (χ0v) is 11.7. The quantitative estimate of drug-likeness (QED) is 0.737. The van der Waals surface area contributed by atoms with Gasteiger partial charge in [-0.05, 0) is 11.6 Å². The minimum Gasteiger partial charge on any atom is -0.336 e. The first-order valence-corrected chi connectivity index (χ1v) is 6.78. The van der Waals surface area contributed by atoms with Crippen LogP contribution in [-0.4, -0.2) is 4.68 Å². The molecule has 0 aliphatic rings. The molecule has 1 aromatic heterocycles. The van der Waals surface area contributed by atoms with Crippen molar-refractivity contribution in [3.05, 3.63) is 82.6 Å². The maximum Gasteiger partial charge on any atom is 0.287 e. The number of nitrogen functional groups attached to an aromatic ring is 1. The summed E-state index contributed by atoms with van der Waals surface area (Å²) >= 11 is 0. The van der Waals surface area contributed by atoms with Crippen molar-refractivity contribution in [1.82, 2.24) is 4.68 Å². The van der Waals surface area contributed by atoms with Gasteiger partial charge in [-0.2, -0.15) is 5.26 Å². The van der Waals surface area contributed by atoms with Crippen LogP contribution in [0.15, 0.2) is 71.5 Å². The molecular weight excluding hydrogens is 274 g/mol. The van der Waals surface area contributed by atoms with Gasteiger partial charge in [-0.25, -0.2) is 4.68 Å². The number of rotatable bonds is 2. The summed E-state index contributed by atoms with van der Waals surface area (Å²) in [6, 6.07) is 22.5. The van der Waals surface area contributed by atoms with Gasteiger partial charge in [-0.3, -0.25) is 4.79 Å². The molecule has 2 N–H and O–H groups in total. The van der Waals surface area contributed by atoms with Crippen molar-refractivity contribution in [2.24, 2.45) is 0 Å². The Bertz CT molecular complexity index is 907. The number of nitriles is 1. The number of nitrogens with two attached hydrogens (primary N) is 1. The lowest BCUT2D eigenvalue weighted by Crippen LogP contribution is -2.31. The first kappa shape index (κ1) is 13.7. The molecule has 0 saturated heterocycles. The van der Waals surface area contributed by atoms with Gasteiger partial charge in [-0.15, -0.1) is 0 Å². The Balaban J connectivity index is 2.34. The molecule has 22 heavy (non-hydrogen) atoms. The van der Waals surface area contributed by atoms with Crippen LogP contribution in [-0.2, 0) is 0 Å². The minimum absolute atomic E-state index is 0.0494. The van der Waals surface area contributed by atoms with E-state index in [1.807, 2.05) is 66.7 Å². The summed E-state index contributed by atoms with van der Waals surface area (Å²) in [5.41, 5.74) is 2.35. The maximum atomic E-state index is 12.4. The van der Waals surface area contributed by atoms with Crippen LogP contribution in [0.4, 0.5) is 0 Å². The summed E-state index contributed by atoms with van der Waals surface area (Å²) in [4.78, 5) is 12.4. The molecule has 0 bridgehead atoms. The van der Waals surface area contributed by atoms with Crippen molar-refractivity contribution in [2.75, 3.05) is 5.84 Å². The van der Waals surface area contributed by atoms with Gasteiger partial charge in [0.05, 0.1) is 5.69 Å². The third kappa shape index (κ3) is 2.25. The van der Waals surface area contributed by atoms with Gasteiger partial charge in [0.15, 0.2) is 0 Å². The number of aromatic nitrogens is 1. The van der Waals surface area contributed by atoms with E-state index in [1.165, 1.54) is 0 Å². The molecule has 3 aromatic rings. The fourth-order valence-corrected chi connectivity index (χ4v) is 2.41. The molecule has 0 amide bonds. The largest absolute Gasteiger partial charge is 0.336 e. The lowest BCUT2D eigenvalue weighted by Gasteiger charge is -2.12. The van der Waals surface area contributed by atoms with E-state index >= 15 is 0 Å². The van der Waals surface area contributed by atoms with Gasteiger partial charge in [0.1, 0.15) is 11.6 Å². The second-order valence-electron chi connectivity index (χ2n) is 4.84. The van der Waals surface area contributed by atoms with Crippen LogP contribution in [0.1, 0.15) is 5.56 Å². The summed E-state index contributed by atoms with van der Waals surface area (Å²) in [5, 5.41) is 9.33. The maximum absolute atomic E-state index is 12.4. The summed E-state index contributed by atoms with van der Waals surface area (Å²) in [5.74, 6) is 5.89. The molecule has 0 fully saturated rings. The van der Waals surface area contributed by atoms with Gasteiger partial charge < -0.3 is 5.84 Å². The van der Waals surface area contributed by atoms with Crippen LogP contribution in [0.25, 0.3) is 22.4 Å². The first-order valence-electron chi connectivity index (χ1n) is 6.78. The van der Waals surface area contributed by atoms with Crippen molar-refractivity contribution in [1.29, 1.82) is 5.26 Å². The zero-order chi connectivity index (χ0) is 15.5. The molecule has 0 spiro atoms. The van der Waals surface area contributed by atoms with Gasteiger partial charge in [0.2, 0.25) is 0 Å². The Kier molecular flexibility index (Phi) is 3.47. The van der Waals surface area contributed by atoms with E-state index in [0.717, 1.165) is 15.8 Å². The molecule has 1 heterocycles. The van der Waals surface area contributed by atoms with Crippen LogP contribution >= 0.6 is 0 Å². The first-order chi connectivity index (χ1) is 10.7. The fourth-order valence-electron chi connectivity index (χ4n) is 2.41. The molecule has 4 nitrogen and oxygen atoms in total. The van der Waals surface area contributed by atoms with E-state index in [2.05, 4.69) is 0 Å². The summed E-state index contributed by atoms with van der Waals surface area (Å²) in [6.45, 7) is 0. The highest BCUT2D eigenvalue weighted by molar-refractivity contribution is 5.75. The highest BCUT2D eigenvalue weighted by Gasteiger charge is 2.15. The zero-order valence-electron chi connectivity index (χ0n) is 11.7. The van der Waals surface area contributed by atoms with Crippen LogP contribution < -0.4 is 11.4 Å². The lowest BCUT2D eigenvalue weighted by atomic mass is 9.99. The van der Waals surface area contributed by atoms with Crippen LogP contribution in [0.2, 0.25) is 0 Å². The monoisotopic (exact) mass is 287 g/mol. The summed E-state index contributed by atoms with van der Waals surface area (Å²) < 4.78 is 1.03. The molecule has 0 aliphatic heterocycles. The third-order valence-electron chi connectivity index (χ3n) is 3.51. The normalized spacial score (nSPS) is 10.1. The van der Waals surface area contributed by atoms with E-state index in [1.54, 1.807) is 6.07 Å². The van der Waals surface area contributed by atoms with Crippen molar-refractivity contribution in [3.8, 4) is 28.5 Å². The van der Waals surface area contributed by atoms with Crippen LogP contribution in [0.3, 0.4) is 0 Å². The lowest BCUT2D eigenvalue weighted by molar-refractivity contribution is 0.942. The van der Waals surface area contributed by atoms with Gasteiger partial charge in [0, 0.05) is 11.1 Å². The predicted molar refractivity (Wildman–Crippen MR) is 86.4 cm³/mol. The van der Waals surface area contributed by atoms with E-state index in [0.29, 0.717) is 11.3 Å². The molecule has 3 rings (SSSR count). The van der Waals surface area contributed by atoms with Gasteiger partial charge >= 0.3 is 0 Å². The van der Waals surface area contributed by atoms with Crippen molar-refractivity contribution < 1.29 is 0 Å². The molecule has 0 unspecified atom stereocenters. The van der Waals surface area contributed by atoms with E-state index in [4.69, 9.17) is 5.84 Å². The second-order valence-corrected chi connectivity index (χ2v) is 4.84. The number of nitrogens with zero attached hydrogens (tertiary/aromatic N) is 2. The van der Waals surface area contributed by atoms with Gasteiger partial charge in [0.25, 0.3) is 5.56 Å². The number of pyridine rings is 1. The minimum atomic E-state index is -0.497. The van der Waals surface area contributed by atoms with E-state index in [9.17, 15) is 10.1 Å². The molecular formula is C18H13N3O. The molecule has 0 radical (unpaired) electrons. The topological polar surface area (TPSA) is 71.8 Å². The molecule has 2 aromatic carbocycles. The Hall–Kier alpha value is -3.32. The second kappa shape index (κ2) is 5.58. The Morgan fingerprint density at radius 1 is 0.909 bits per heavy atom. The van der Waals surface area contributed by atoms with E-state index < -0.39 is 5.56 Å². The van der Waals surface area contributed by atoms with Crippen LogP contribution in [0, 0.1) is 11.3 Å². The van der Waals surface area contributed by atoms with Crippen molar-refractivity contribution in [2.45, 2.75) is 0 Å². The van der Waals surface area contributed by atoms with Crippen LogP contribution in [0.5, 0.6) is 0 Å². The average molecular weight is 287 g/mol. The number of benzene rings is 2. The van der Waals surface area contributed by atoms with Crippen molar-refractivity contribution in [3.63, 3.8) is 0 Å². The Morgan fingerprint density at radius 2 is 1.45 bits per heavy atom. The Morgan fingerprint density at radius 3 is 2.00 bits per heavy atom. The molecule has 4 heteroatoms. The smallest absolute Gasteiger partial charge is 0.287 e. The SMILES string of the molecule is N#Cc1c(-c2ccccc2)cc(-c2ccccc2)n(N)c1=O. The molecule has 0 atom stereocenters. The number of hydrogen-bond acceptors (Lipinski definition) is 3. The molecule has 0 saturated carbocycles. The summed E-state index contributed by atoms with van der Waals surface area (Å²) in [6.07, 6.45) is 0. The predicted octanol–water partition coefficient (Wildman–Crippen LogP) is 2.77. The standard InChI is InChI=1S/C18H13N3O/c19-12-16-15(13-7-3-1-4-8-13)11-17(21(20)18(16)22)14-9-5-2-6-10-14/h1-11H,20H2. The number of hydrogen-bond donors (Lipinski definition) is 1. The van der Waals surface area contributed by atoms with Gasteiger partial charge in [-0.1, -0.05) is 60.7 Å².